The van der Waals surface area contributed by atoms with Gasteiger partial charge in [0.05, 0.1) is 11.2 Å². The number of aliphatic hydroxyl groups is 1. The van der Waals surface area contributed by atoms with Crippen molar-refractivity contribution in [2.24, 2.45) is 0 Å². The smallest absolute Gasteiger partial charge is 0.146 e. The Balaban J connectivity index is 1.91. The van der Waals surface area contributed by atoms with Gasteiger partial charge >= 0.3 is 0 Å². The van der Waals surface area contributed by atoms with Crippen LogP contribution < -0.4 is 4.90 Å². The van der Waals surface area contributed by atoms with Crippen molar-refractivity contribution < 1.29 is 5.11 Å². The molecule has 0 amide bonds. The summed E-state index contributed by atoms with van der Waals surface area (Å²) in [7, 11) is 0. The van der Waals surface area contributed by atoms with E-state index in [0.29, 0.717) is 5.56 Å². The second kappa shape index (κ2) is 5.06. The van der Waals surface area contributed by atoms with Gasteiger partial charge in [-0.1, -0.05) is 0 Å². The van der Waals surface area contributed by atoms with Crippen molar-refractivity contribution in [2.45, 2.75) is 51.0 Å². The third-order valence-electron chi connectivity index (χ3n) is 4.54. The maximum Gasteiger partial charge on any atom is 0.146 e. The van der Waals surface area contributed by atoms with E-state index in [-0.39, 0.29) is 0 Å². The van der Waals surface area contributed by atoms with Crippen LogP contribution in [0.3, 0.4) is 0 Å². The molecule has 1 aliphatic heterocycles. The highest BCUT2D eigenvalue weighted by molar-refractivity contribution is 5.56. The van der Waals surface area contributed by atoms with Gasteiger partial charge in [0.25, 0.3) is 0 Å². The minimum atomic E-state index is -0.572. The van der Waals surface area contributed by atoms with Crippen LogP contribution in [0.2, 0.25) is 0 Å². The Morgan fingerprint density at radius 2 is 2.00 bits per heavy atom. The molecular weight excluding hydrogens is 250 g/mol. The number of aromatic nitrogens is 1. The minimum absolute atomic E-state index is 0.572. The van der Waals surface area contributed by atoms with Crippen molar-refractivity contribution >= 4 is 5.82 Å². The van der Waals surface area contributed by atoms with Gasteiger partial charge in [-0.3, -0.25) is 0 Å². The highest BCUT2D eigenvalue weighted by atomic mass is 16.3. The van der Waals surface area contributed by atoms with Crippen LogP contribution in [-0.2, 0) is 12.8 Å². The van der Waals surface area contributed by atoms with E-state index in [0.717, 1.165) is 44.6 Å². The van der Waals surface area contributed by atoms with E-state index in [1.807, 2.05) is 13.0 Å². The number of nitrogens with zero attached hydrogens (tertiary/aromatic N) is 3. The predicted molar refractivity (Wildman–Crippen MR) is 77.7 cm³/mol. The average molecular weight is 271 g/mol. The van der Waals surface area contributed by atoms with Gasteiger partial charge in [0.2, 0.25) is 0 Å². The summed E-state index contributed by atoms with van der Waals surface area (Å²) in [6, 6.07) is 4.33. The van der Waals surface area contributed by atoms with Crippen LogP contribution in [0.15, 0.2) is 6.07 Å². The highest BCUT2D eigenvalue weighted by Crippen LogP contribution is 2.30. The fraction of sp³-hybridized carbons (Fsp3) is 0.625. The van der Waals surface area contributed by atoms with E-state index in [4.69, 9.17) is 4.98 Å². The van der Waals surface area contributed by atoms with Gasteiger partial charge in [-0.05, 0) is 57.1 Å². The lowest BCUT2D eigenvalue weighted by Gasteiger charge is -2.37. The molecule has 1 aromatic heterocycles. The van der Waals surface area contributed by atoms with Gasteiger partial charge in [-0.25, -0.2) is 4.98 Å². The molecule has 1 aliphatic carbocycles. The van der Waals surface area contributed by atoms with Crippen LogP contribution in [0, 0.1) is 11.3 Å². The molecule has 0 unspecified atom stereocenters. The number of hydrogen-bond donors (Lipinski definition) is 1. The number of aryl methyl sites for hydroxylation is 2. The number of hydrogen-bond acceptors (Lipinski definition) is 4. The molecule has 0 atom stereocenters. The first kappa shape index (κ1) is 13.4. The van der Waals surface area contributed by atoms with Crippen LogP contribution >= 0.6 is 0 Å². The van der Waals surface area contributed by atoms with Crippen molar-refractivity contribution in [1.82, 2.24) is 4.98 Å². The Bertz CT molecular complexity index is 550. The standard InChI is InChI=1S/C16H21N3O/c1-16(20)6-8-19(9-7-16)15-13(11-17)10-12-4-2-3-5-14(12)18-15/h10,20H,2-9H2,1H3. The molecule has 1 aromatic rings. The summed E-state index contributed by atoms with van der Waals surface area (Å²) in [5, 5.41) is 19.4. The van der Waals surface area contributed by atoms with Crippen LogP contribution in [0.1, 0.15) is 49.4 Å². The largest absolute Gasteiger partial charge is 0.390 e. The number of anilines is 1. The normalized spacial score (nSPS) is 21.1. The summed E-state index contributed by atoms with van der Waals surface area (Å²) in [5.74, 6) is 0.823. The molecule has 0 spiro atoms. The Kier molecular flexibility index (Phi) is 3.39. The maximum atomic E-state index is 10.0. The molecule has 2 heterocycles. The second-order valence-corrected chi connectivity index (χ2v) is 6.27. The Morgan fingerprint density at radius 1 is 1.30 bits per heavy atom. The van der Waals surface area contributed by atoms with E-state index in [1.165, 1.54) is 24.1 Å². The molecule has 1 saturated heterocycles. The third-order valence-corrected chi connectivity index (χ3v) is 4.54. The molecule has 4 heteroatoms. The fourth-order valence-corrected chi connectivity index (χ4v) is 3.15. The van der Waals surface area contributed by atoms with E-state index < -0.39 is 5.60 Å². The molecule has 3 rings (SSSR count). The molecule has 20 heavy (non-hydrogen) atoms. The molecule has 0 aromatic carbocycles. The molecule has 4 nitrogen and oxygen atoms in total. The molecule has 0 saturated carbocycles. The summed E-state index contributed by atoms with van der Waals surface area (Å²) in [6.45, 7) is 3.43. The van der Waals surface area contributed by atoms with Crippen molar-refractivity contribution in [2.75, 3.05) is 18.0 Å². The lowest BCUT2D eigenvalue weighted by atomic mass is 9.92. The Hall–Kier alpha value is -1.60. The van der Waals surface area contributed by atoms with Crippen LogP contribution in [0.25, 0.3) is 0 Å². The van der Waals surface area contributed by atoms with Crippen molar-refractivity contribution in [3.63, 3.8) is 0 Å². The van der Waals surface area contributed by atoms with Crippen molar-refractivity contribution in [3.05, 3.63) is 22.9 Å². The van der Waals surface area contributed by atoms with Gasteiger partial charge in [-0.2, -0.15) is 5.26 Å². The van der Waals surface area contributed by atoms with Crippen molar-refractivity contribution in [1.29, 1.82) is 5.26 Å². The zero-order chi connectivity index (χ0) is 14.2. The van der Waals surface area contributed by atoms with Gasteiger partial charge < -0.3 is 10.0 Å². The molecule has 2 aliphatic rings. The maximum absolute atomic E-state index is 10.0. The first-order chi connectivity index (χ1) is 9.59. The predicted octanol–water partition coefficient (Wildman–Crippen LogP) is 2.18. The van der Waals surface area contributed by atoms with Crippen LogP contribution in [0.4, 0.5) is 5.82 Å². The number of pyridine rings is 1. The lowest BCUT2D eigenvalue weighted by molar-refractivity contribution is 0.0350. The summed E-state index contributed by atoms with van der Waals surface area (Å²) in [6.07, 6.45) is 5.93. The molecular formula is C16H21N3O. The Labute approximate surface area is 120 Å². The zero-order valence-corrected chi connectivity index (χ0v) is 12.0. The van der Waals surface area contributed by atoms with Crippen LogP contribution in [-0.4, -0.2) is 28.8 Å². The van der Waals surface area contributed by atoms with E-state index >= 15 is 0 Å². The van der Waals surface area contributed by atoms with Gasteiger partial charge in [-0.15, -0.1) is 0 Å². The number of fused-ring (bicyclic) bond motifs is 1. The number of rotatable bonds is 1. The average Bonchev–Trinajstić information content (AvgIpc) is 2.46. The van der Waals surface area contributed by atoms with E-state index in [1.54, 1.807) is 0 Å². The molecule has 1 fully saturated rings. The van der Waals surface area contributed by atoms with Crippen molar-refractivity contribution in [3.8, 4) is 6.07 Å². The van der Waals surface area contributed by atoms with Gasteiger partial charge in [0.15, 0.2) is 0 Å². The second-order valence-electron chi connectivity index (χ2n) is 6.27. The monoisotopic (exact) mass is 271 g/mol. The summed E-state index contributed by atoms with van der Waals surface area (Å²) in [4.78, 5) is 6.94. The van der Waals surface area contributed by atoms with E-state index in [9.17, 15) is 10.4 Å². The van der Waals surface area contributed by atoms with Crippen LogP contribution in [0.5, 0.6) is 0 Å². The topological polar surface area (TPSA) is 60.1 Å². The molecule has 0 radical (unpaired) electrons. The summed E-state index contributed by atoms with van der Waals surface area (Å²) >= 11 is 0. The third kappa shape index (κ3) is 2.51. The Morgan fingerprint density at radius 3 is 2.70 bits per heavy atom. The molecule has 0 bridgehead atoms. The zero-order valence-electron chi connectivity index (χ0n) is 12.0. The molecule has 1 N–H and O–H groups in total. The first-order valence-corrected chi connectivity index (χ1v) is 7.49. The summed E-state index contributed by atoms with van der Waals surface area (Å²) in [5.41, 5.74) is 2.53. The van der Waals surface area contributed by atoms with Gasteiger partial charge in [0.1, 0.15) is 11.9 Å². The minimum Gasteiger partial charge on any atom is -0.390 e. The molecule has 106 valence electrons. The first-order valence-electron chi connectivity index (χ1n) is 7.49. The quantitative estimate of drug-likeness (QED) is 0.850. The van der Waals surface area contributed by atoms with E-state index in [2.05, 4.69) is 11.0 Å². The highest BCUT2D eigenvalue weighted by Gasteiger charge is 2.29. The fourth-order valence-electron chi connectivity index (χ4n) is 3.15. The van der Waals surface area contributed by atoms with Gasteiger partial charge in [0, 0.05) is 18.8 Å². The number of nitriles is 1. The lowest BCUT2D eigenvalue weighted by Crippen LogP contribution is -2.43. The SMILES string of the molecule is CC1(O)CCN(c2nc3c(cc2C#N)CCCC3)CC1. The summed E-state index contributed by atoms with van der Waals surface area (Å²) < 4.78 is 0. The number of piperidine rings is 1.